The second-order valence-corrected chi connectivity index (χ2v) is 5.45. The molecule has 2 nitrogen and oxygen atoms in total. The Morgan fingerprint density at radius 1 is 1.39 bits per heavy atom. The summed E-state index contributed by atoms with van der Waals surface area (Å²) < 4.78 is 5.92. The van der Waals surface area contributed by atoms with Gasteiger partial charge in [0, 0.05) is 6.61 Å². The van der Waals surface area contributed by atoms with E-state index in [-0.39, 0.29) is 6.10 Å². The third-order valence-corrected chi connectivity index (χ3v) is 3.80. The third kappa shape index (κ3) is 3.12. The maximum Gasteiger partial charge on any atom is 0.105 e. The first kappa shape index (κ1) is 13.6. The molecule has 0 heterocycles. The average Bonchev–Trinajstić information content (AvgIpc) is 2.39. The minimum atomic E-state index is -0.455. The number of rotatable bonds is 5. The Labute approximate surface area is 110 Å². The molecule has 2 rings (SSSR count). The summed E-state index contributed by atoms with van der Waals surface area (Å²) >= 11 is 0. The first-order valence-corrected chi connectivity index (χ1v) is 7.09. The first-order chi connectivity index (χ1) is 8.72. The van der Waals surface area contributed by atoms with E-state index in [1.165, 1.54) is 18.4 Å². The molecular formula is C16H24O2. The van der Waals surface area contributed by atoms with Crippen LogP contribution in [0.3, 0.4) is 0 Å². The topological polar surface area (TPSA) is 29.5 Å². The predicted octanol–water partition coefficient (Wildman–Crippen LogP) is 3.49. The molecule has 0 saturated heterocycles. The monoisotopic (exact) mass is 248 g/mol. The molecule has 1 aromatic rings. The molecule has 0 bridgehead atoms. The molecule has 0 radical (unpaired) electrons. The number of ether oxygens (including phenoxy) is 1. The molecule has 18 heavy (non-hydrogen) atoms. The highest BCUT2D eigenvalue weighted by Crippen LogP contribution is 2.31. The Balaban J connectivity index is 1.93. The van der Waals surface area contributed by atoms with Crippen LogP contribution in [-0.4, -0.2) is 17.8 Å². The van der Waals surface area contributed by atoms with Crippen LogP contribution in [0.15, 0.2) is 24.3 Å². The summed E-state index contributed by atoms with van der Waals surface area (Å²) in [6, 6.07) is 8.15. The van der Waals surface area contributed by atoms with E-state index in [0.717, 1.165) is 25.0 Å². The van der Waals surface area contributed by atoms with Crippen molar-refractivity contribution in [3.8, 4) is 0 Å². The summed E-state index contributed by atoms with van der Waals surface area (Å²) in [5, 5.41) is 10.3. The number of hydrogen-bond acceptors (Lipinski definition) is 2. The molecule has 0 saturated carbocycles. The van der Waals surface area contributed by atoms with Crippen LogP contribution in [0.4, 0.5) is 0 Å². The van der Waals surface area contributed by atoms with Crippen molar-refractivity contribution in [2.24, 2.45) is 5.92 Å². The molecule has 0 fully saturated rings. The molecule has 0 spiro atoms. The van der Waals surface area contributed by atoms with Gasteiger partial charge in [0.25, 0.3) is 0 Å². The molecule has 1 aliphatic rings. The van der Waals surface area contributed by atoms with Gasteiger partial charge >= 0.3 is 0 Å². The minimum absolute atomic E-state index is 0.0285. The molecule has 1 N–H and O–H groups in total. The molecule has 0 aromatic heterocycles. The van der Waals surface area contributed by atoms with Gasteiger partial charge in [-0.2, -0.15) is 0 Å². The van der Waals surface area contributed by atoms with Crippen molar-refractivity contribution in [3.05, 3.63) is 35.4 Å². The van der Waals surface area contributed by atoms with Crippen molar-refractivity contribution in [1.82, 2.24) is 0 Å². The van der Waals surface area contributed by atoms with Gasteiger partial charge in [-0.25, -0.2) is 0 Å². The van der Waals surface area contributed by atoms with Crippen molar-refractivity contribution in [3.63, 3.8) is 0 Å². The van der Waals surface area contributed by atoms with Crippen molar-refractivity contribution in [1.29, 1.82) is 0 Å². The van der Waals surface area contributed by atoms with Gasteiger partial charge in [-0.15, -0.1) is 0 Å². The lowest BCUT2D eigenvalue weighted by Gasteiger charge is -2.30. The number of aliphatic hydroxyl groups is 1. The summed E-state index contributed by atoms with van der Waals surface area (Å²) in [6.07, 6.45) is 3.85. The molecule has 1 aromatic carbocycles. The largest absolute Gasteiger partial charge is 0.386 e. The van der Waals surface area contributed by atoms with Gasteiger partial charge in [0.15, 0.2) is 0 Å². The molecule has 3 unspecified atom stereocenters. The van der Waals surface area contributed by atoms with Crippen LogP contribution < -0.4 is 0 Å². The highest BCUT2D eigenvalue weighted by molar-refractivity contribution is 5.32. The fourth-order valence-electron chi connectivity index (χ4n) is 2.74. The van der Waals surface area contributed by atoms with E-state index >= 15 is 0 Å². The van der Waals surface area contributed by atoms with Gasteiger partial charge in [-0.1, -0.05) is 44.5 Å². The second kappa shape index (κ2) is 6.35. The van der Waals surface area contributed by atoms with Crippen molar-refractivity contribution < 1.29 is 9.84 Å². The van der Waals surface area contributed by atoms with E-state index in [0.29, 0.717) is 5.92 Å². The van der Waals surface area contributed by atoms with Crippen molar-refractivity contribution in [2.45, 2.75) is 51.7 Å². The van der Waals surface area contributed by atoms with E-state index in [1.54, 1.807) is 0 Å². The van der Waals surface area contributed by atoms with Crippen LogP contribution >= 0.6 is 0 Å². The summed E-state index contributed by atoms with van der Waals surface area (Å²) in [7, 11) is 0. The Morgan fingerprint density at radius 3 is 2.94 bits per heavy atom. The van der Waals surface area contributed by atoms with E-state index in [9.17, 15) is 5.11 Å². The SMILES string of the molecule is CCCC(C)COC1CCc2ccccc2C1O. The van der Waals surface area contributed by atoms with Crippen molar-refractivity contribution >= 4 is 0 Å². The summed E-state index contributed by atoms with van der Waals surface area (Å²) in [6.45, 7) is 5.17. The number of fused-ring (bicyclic) bond motifs is 1. The fraction of sp³-hybridized carbons (Fsp3) is 0.625. The zero-order valence-electron chi connectivity index (χ0n) is 11.4. The minimum Gasteiger partial charge on any atom is -0.386 e. The van der Waals surface area contributed by atoms with Gasteiger partial charge in [0.05, 0.1) is 6.10 Å². The Morgan fingerprint density at radius 2 is 2.17 bits per heavy atom. The molecule has 1 aliphatic carbocycles. The van der Waals surface area contributed by atoms with Gasteiger partial charge < -0.3 is 9.84 Å². The highest BCUT2D eigenvalue weighted by atomic mass is 16.5. The van der Waals surface area contributed by atoms with Gasteiger partial charge in [0.1, 0.15) is 6.10 Å². The Bertz CT molecular complexity index is 375. The number of benzene rings is 1. The van der Waals surface area contributed by atoms with Crippen LogP contribution in [0.25, 0.3) is 0 Å². The van der Waals surface area contributed by atoms with Crippen LogP contribution in [-0.2, 0) is 11.2 Å². The molecule has 100 valence electrons. The summed E-state index contributed by atoms with van der Waals surface area (Å²) in [4.78, 5) is 0. The van der Waals surface area contributed by atoms with Crippen molar-refractivity contribution in [2.75, 3.05) is 6.61 Å². The lowest BCUT2D eigenvalue weighted by Crippen LogP contribution is -2.29. The predicted molar refractivity (Wildman–Crippen MR) is 73.5 cm³/mol. The highest BCUT2D eigenvalue weighted by Gasteiger charge is 2.28. The van der Waals surface area contributed by atoms with Crippen LogP contribution in [0.1, 0.15) is 50.3 Å². The maximum absolute atomic E-state index is 10.3. The Hall–Kier alpha value is -0.860. The zero-order chi connectivity index (χ0) is 13.0. The van der Waals surface area contributed by atoms with Gasteiger partial charge in [0.2, 0.25) is 0 Å². The number of hydrogen-bond donors (Lipinski definition) is 1. The normalized spacial score (nSPS) is 24.6. The van der Waals surface area contributed by atoms with Gasteiger partial charge in [-0.05, 0) is 36.3 Å². The molecule has 0 amide bonds. The number of aryl methyl sites for hydroxylation is 1. The molecule has 2 heteroatoms. The van der Waals surface area contributed by atoms with E-state index in [2.05, 4.69) is 19.9 Å². The van der Waals surface area contributed by atoms with Crippen LogP contribution in [0.2, 0.25) is 0 Å². The first-order valence-electron chi connectivity index (χ1n) is 7.09. The zero-order valence-corrected chi connectivity index (χ0v) is 11.4. The van der Waals surface area contributed by atoms with E-state index in [1.807, 2.05) is 18.2 Å². The molecule has 3 atom stereocenters. The number of aliphatic hydroxyl groups excluding tert-OH is 1. The smallest absolute Gasteiger partial charge is 0.105 e. The summed E-state index contributed by atoms with van der Waals surface area (Å²) in [5.74, 6) is 0.583. The van der Waals surface area contributed by atoms with Crippen LogP contribution in [0, 0.1) is 5.92 Å². The lowest BCUT2D eigenvalue weighted by molar-refractivity contribution is -0.0588. The molecular weight excluding hydrogens is 224 g/mol. The molecule has 0 aliphatic heterocycles. The average molecular weight is 248 g/mol. The van der Waals surface area contributed by atoms with E-state index < -0.39 is 6.10 Å². The fourth-order valence-corrected chi connectivity index (χ4v) is 2.74. The lowest BCUT2D eigenvalue weighted by atomic mass is 9.87. The quantitative estimate of drug-likeness (QED) is 0.864. The van der Waals surface area contributed by atoms with Crippen LogP contribution in [0.5, 0.6) is 0 Å². The van der Waals surface area contributed by atoms with E-state index in [4.69, 9.17) is 4.74 Å². The second-order valence-electron chi connectivity index (χ2n) is 5.45. The Kier molecular flexibility index (Phi) is 4.79. The van der Waals surface area contributed by atoms with Gasteiger partial charge in [-0.3, -0.25) is 0 Å². The maximum atomic E-state index is 10.3. The summed E-state index contributed by atoms with van der Waals surface area (Å²) in [5.41, 5.74) is 2.32. The standard InChI is InChI=1S/C16H24O2/c1-3-6-12(2)11-18-15-10-9-13-7-4-5-8-14(13)16(15)17/h4-5,7-8,12,15-17H,3,6,9-11H2,1-2H3. The third-order valence-electron chi connectivity index (χ3n) is 3.80.